The van der Waals surface area contributed by atoms with Crippen LogP contribution in [0.1, 0.15) is 28.8 Å². The van der Waals surface area contributed by atoms with E-state index >= 15 is 0 Å². The number of nitrogens with zero attached hydrogens (tertiary/aromatic N) is 2. The number of carbonyl (C=O) groups excluding carboxylic acids is 2. The van der Waals surface area contributed by atoms with E-state index in [0.717, 1.165) is 32.5 Å². The monoisotopic (exact) mass is 382 g/mol. The Morgan fingerprint density at radius 3 is 2.69 bits per heavy atom. The maximum absolute atomic E-state index is 14.3. The molecule has 0 saturated carbocycles. The van der Waals surface area contributed by atoms with Crippen molar-refractivity contribution in [2.24, 2.45) is 0 Å². The molecule has 0 unspecified atom stereocenters. The number of carbonyl (C=O) groups is 2. The van der Waals surface area contributed by atoms with Crippen molar-refractivity contribution < 1.29 is 14.0 Å². The van der Waals surface area contributed by atoms with E-state index in [2.05, 4.69) is 15.5 Å². The Bertz CT molecular complexity index is 686. The number of likely N-dealkylation sites (N-methyl/N-ethyl adjacent to an activating group) is 1. The van der Waals surface area contributed by atoms with Crippen molar-refractivity contribution in [2.75, 3.05) is 39.8 Å². The van der Waals surface area contributed by atoms with Gasteiger partial charge in [0.1, 0.15) is 5.82 Å². The summed E-state index contributed by atoms with van der Waals surface area (Å²) in [6, 6.07) is 2.62. The van der Waals surface area contributed by atoms with Gasteiger partial charge < -0.3 is 20.4 Å². The second kappa shape index (κ2) is 8.33. The van der Waals surface area contributed by atoms with Gasteiger partial charge in [-0.1, -0.05) is 11.6 Å². The first-order valence-electron chi connectivity index (χ1n) is 8.92. The van der Waals surface area contributed by atoms with Gasteiger partial charge in [-0.3, -0.25) is 9.59 Å². The summed E-state index contributed by atoms with van der Waals surface area (Å²) < 4.78 is 14.3. The fourth-order valence-electron chi connectivity index (χ4n) is 3.30. The molecule has 0 aromatic heterocycles. The van der Waals surface area contributed by atoms with Gasteiger partial charge in [-0.2, -0.15) is 0 Å². The normalized spacial score (nSPS) is 21.0. The molecule has 0 aliphatic carbocycles. The van der Waals surface area contributed by atoms with Gasteiger partial charge in [0.25, 0.3) is 5.91 Å². The van der Waals surface area contributed by atoms with E-state index in [1.54, 1.807) is 4.90 Å². The van der Waals surface area contributed by atoms with Crippen molar-refractivity contribution in [3.8, 4) is 0 Å². The number of piperazine rings is 1. The van der Waals surface area contributed by atoms with Crippen molar-refractivity contribution in [1.82, 2.24) is 20.4 Å². The van der Waals surface area contributed by atoms with E-state index < -0.39 is 5.82 Å². The van der Waals surface area contributed by atoms with E-state index in [1.807, 2.05) is 7.05 Å². The Hall–Kier alpha value is -1.70. The topological polar surface area (TPSA) is 64.7 Å². The lowest BCUT2D eigenvalue weighted by atomic mass is 10.1. The van der Waals surface area contributed by atoms with Crippen LogP contribution in [-0.2, 0) is 11.3 Å². The van der Waals surface area contributed by atoms with Crippen molar-refractivity contribution in [3.05, 3.63) is 34.1 Å². The molecule has 6 nitrogen and oxygen atoms in total. The molecule has 0 radical (unpaired) electrons. The zero-order chi connectivity index (χ0) is 18.7. The highest BCUT2D eigenvalue weighted by molar-refractivity contribution is 6.31. The van der Waals surface area contributed by atoms with E-state index in [1.165, 1.54) is 12.1 Å². The Morgan fingerprint density at radius 1 is 1.31 bits per heavy atom. The summed E-state index contributed by atoms with van der Waals surface area (Å²) in [5.74, 6) is -0.917. The zero-order valence-electron chi connectivity index (χ0n) is 14.9. The first kappa shape index (κ1) is 19.1. The summed E-state index contributed by atoms with van der Waals surface area (Å²) in [5.41, 5.74) is 0.575. The third-order valence-corrected chi connectivity index (χ3v) is 5.25. The highest BCUT2D eigenvalue weighted by Gasteiger charge is 2.24. The summed E-state index contributed by atoms with van der Waals surface area (Å²) in [6.45, 7) is 3.68. The predicted molar refractivity (Wildman–Crippen MR) is 97.7 cm³/mol. The maximum Gasteiger partial charge on any atom is 0.254 e. The number of benzene rings is 1. The smallest absolute Gasteiger partial charge is 0.254 e. The van der Waals surface area contributed by atoms with Crippen LogP contribution in [0, 0.1) is 5.82 Å². The molecule has 26 heavy (non-hydrogen) atoms. The molecule has 0 spiro atoms. The molecule has 8 heteroatoms. The molecule has 2 fully saturated rings. The maximum atomic E-state index is 14.3. The summed E-state index contributed by atoms with van der Waals surface area (Å²) in [6.07, 6.45) is 1.73. The van der Waals surface area contributed by atoms with Gasteiger partial charge in [0, 0.05) is 43.9 Å². The molecule has 2 amide bonds. The lowest BCUT2D eigenvalue weighted by molar-refractivity contribution is -0.122. The lowest BCUT2D eigenvalue weighted by Crippen LogP contribution is -2.47. The third-order valence-electron chi connectivity index (χ3n) is 4.97. The minimum Gasteiger partial charge on any atom is -0.351 e. The Morgan fingerprint density at radius 2 is 2.04 bits per heavy atom. The van der Waals surface area contributed by atoms with Gasteiger partial charge in [-0.15, -0.1) is 0 Å². The van der Waals surface area contributed by atoms with E-state index in [9.17, 15) is 14.0 Å². The summed E-state index contributed by atoms with van der Waals surface area (Å²) in [7, 11) is 2.01. The SMILES string of the molecule is CN1CCN(C(=O)c2cc(Cl)c(F)c(CNC(=O)[C@@H]3CCCN3)c2)CC1. The molecule has 2 heterocycles. The number of nitrogens with one attached hydrogen (secondary N) is 2. The third kappa shape index (κ3) is 4.34. The summed E-state index contributed by atoms with van der Waals surface area (Å²) in [5, 5.41) is 5.72. The summed E-state index contributed by atoms with van der Waals surface area (Å²) >= 11 is 5.99. The molecule has 0 bridgehead atoms. The van der Waals surface area contributed by atoms with Gasteiger partial charge >= 0.3 is 0 Å². The van der Waals surface area contributed by atoms with Crippen LogP contribution < -0.4 is 10.6 Å². The summed E-state index contributed by atoms with van der Waals surface area (Å²) in [4.78, 5) is 28.7. The van der Waals surface area contributed by atoms with Crippen LogP contribution >= 0.6 is 11.6 Å². The molecule has 142 valence electrons. The van der Waals surface area contributed by atoms with Crippen LogP contribution in [0.3, 0.4) is 0 Å². The molecule has 2 saturated heterocycles. The molecular weight excluding hydrogens is 359 g/mol. The van der Waals surface area contributed by atoms with Gasteiger partial charge in [0.05, 0.1) is 11.1 Å². The number of hydrogen-bond acceptors (Lipinski definition) is 4. The van der Waals surface area contributed by atoms with Gasteiger partial charge in [-0.05, 0) is 38.6 Å². The van der Waals surface area contributed by atoms with Gasteiger partial charge in [0.2, 0.25) is 5.91 Å². The molecular formula is C18H24ClFN4O2. The van der Waals surface area contributed by atoms with Crippen LogP contribution in [0.5, 0.6) is 0 Å². The fraction of sp³-hybridized carbons (Fsp3) is 0.556. The fourth-order valence-corrected chi connectivity index (χ4v) is 3.54. The highest BCUT2D eigenvalue weighted by Crippen LogP contribution is 2.22. The Balaban J connectivity index is 1.70. The van der Waals surface area contributed by atoms with E-state index in [-0.39, 0.29) is 35.0 Å². The molecule has 2 N–H and O–H groups in total. The van der Waals surface area contributed by atoms with Crippen LogP contribution in [0.4, 0.5) is 4.39 Å². The van der Waals surface area contributed by atoms with Crippen molar-refractivity contribution >= 4 is 23.4 Å². The second-order valence-electron chi connectivity index (χ2n) is 6.89. The van der Waals surface area contributed by atoms with Gasteiger partial charge in [0.15, 0.2) is 0 Å². The number of amides is 2. The number of hydrogen-bond donors (Lipinski definition) is 2. The molecule has 2 aliphatic heterocycles. The van der Waals surface area contributed by atoms with Crippen molar-refractivity contribution in [2.45, 2.75) is 25.4 Å². The zero-order valence-corrected chi connectivity index (χ0v) is 15.6. The van der Waals surface area contributed by atoms with Crippen LogP contribution in [0.15, 0.2) is 12.1 Å². The quantitative estimate of drug-likeness (QED) is 0.822. The predicted octanol–water partition coefficient (Wildman–Crippen LogP) is 1.23. The lowest BCUT2D eigenvalue weighted by Gasteiger charge is -2.32. The molecule has 1 atom stereocenters. The Kier molecular flexibility index (Phi) is 6.11. The first-order valence-corrected chi connectivity index (χ1v) is 9.30. The molecule has 1 aromatic carbocycles. The average molecular weight is 383 g/mol. The van der Waals surface area contributed by atoms with Crippen LogP contribution in [-0.4, -0.2) is 67.4 Å². The molecule has 2 aliphatic rings. The number of rotatable bonds is 4. The highest BCUT2D eigenvalue weighted by atomic mass is 35.5. The number of halogens is 2. The van der Waals surface area contributed by atoms with Crippen LogP contribution in [0.2, 0.25) is 5.02 Å². The minimum atomic E-state index is -0.596. The van der Waals surface area contributed by atoms with E-state index in [4.69, 9.17) is 11.6 Å². The molecule has 1 aromatic rings. The van der Waals surface area contributed by atoms with E-state index in [0.29, 0.717) is 18.7 Å². The first-order chi connectivity index (χ1) is 12.5. The van der Waals surface area contributed by atoms with Gasteiger partial charge in [-0.25, -0.2) is 4.39 Å². The average Bonchev–Trinajstić information content (AvgIpc) is 3.17. The second-order valence-corrected chi connectivity index (χ2v) is 7.30. The van der Waals surface area contributed by atoms with Crippen LogP contribution in [0.25, 0.3) is 0 Å². The molecule has 3 rings (SSSR count). The van der Waals surface area contributed by atoms with Crippen molar-refractivity contribution in [1.29, 1.82) is 0 Å². The standard InChI is InChI=1S/C18H24ClFN4O2/c1-23-5-7-24(8-6-23)18(26)12-9-13(16(20)14(19)10-12)11-22-17(25)15-3-2-4-21-15/h9-10,15,21H,2-8,11H2,1H3,(H,22,25)/t15-/m0/s1. The largest absolute Gasteiger partial charge is 0.351 e. The Labute approximate surface area is 157 Å². The minimum absolute atomic E-state index is 0.00637. The van der Waals surface area contributed by atoms with Crippen molar-refractivity contribution in [3.63, 3.8) is 0 Å².